The Labute approximate surface area is 118 Å². The molecule has 1 aromatic carbocycles. The average molecular weight is 280 g/mol. The smallest absolute Gasteiger partial charge is 0.295 e. The molecule has 110 valence electrons. The Hall–Kier alpha value is -1.66. The summed E-state index contributed by atoms with van der Waals surface area (Å²) in [6, 6.07) is 5.23. The number of benzene rings is 1. The Morgan fingerprint density at radius 2 is 2.10 bits per heavy atom. The molecule has 0 atom stereocenters. The molecule has 2 rings (SSSR count). The van der Waals surface area contributed by atoms with Crippen molar-refractivity contribution >= 4 is 11.4 Å². The topological polar surface area (TPSA) is 75.8 Å². The van der Waals surface area contributed by atoms with Crippen LogP contribution in [0.25, 0.3) is 0 Å². The predicted octanol–water partition coefficient (Wildman–Crippen LogP) is 1.88. The maximum Gasteiger partial charge on any atom is 0.295 e. The van der Waals surface area contributed by atoms with E-state index in [2.05, 4.69) is 0 Å². The first-order valence-electron chi connectivity index (χ1n) is 6.68. The number of rotatable bonds is 4. The lowest BCUT2D eigenvalue weighted by atomic mass is 9.93. The summed E-state index contributed by atoms with van der Waals surface area (Å²) in [5, 5.41) is 21.7. The van der Waals surface area contributed by atoms with Crippen molar-refractivity contribution in [3.63, 3.8) is 0 Å². The van der Waals surface area contributed by atoms with Crippen molar-refractivity contribution < 1.29 is 14.8 Å². The Bertz CT molecular complexity index is 498. The van der Waals surface area contributed by atoms with E-state index in [0.29, 0.717) is 43.9 Å². The molecule has 20 heavy (non-hydrogen) atoms. The zero-order valence-electron chi connectivity index (χ0n) is 11.8. The molecular weight excluding hydrogens is 260 g/mol. The molecule has 0 aliphatic carbocycles. The van der Waals surface area contributed by atoms with Crippen LogP contribution in [-0.2, 0) is 4.74 Å². The fourth-order valence-electron chi connectivity index (χ4n) is 2.63. The van der Waals surface area contributed by atoms with Gasteiger partial charge in [0.25, 0.3) is 5.69 Å². The van der Waals surface area contributed by atoms with Gasteiger partial charge in [-0.15, -0.1) is 0 Å². The first-order chi connectivity index (χ1) is 9.43. The third-order valence-electron chi connectivity index (χ3n) is 3.77. The second-order valence-corrected chi connectivity index (χ2v) is 5.39. The van der Waals surface area contributed by atoms with Crippen molar-refractivity contribution in [1.29, 1.82) is 0 Å². The average Bonchev–Trinajstić information content (AvgIpc) is 2.38. The summed E-state index contributed by atoms with van der Waals surface area (Å²) in [5.74, 6) is 0. The lowest BCUT2D eigenvalue weighted by Gasteiger charge is -2.36. The lowest BCUT2D eigenvalue weighted by molar-refractivity contribution is -0.384. The molecule has 0 saturated carbocycles. The van der Waals surface area contributed by atoms with E-state index in [4.69, 9.17) is 4.74 Å². The number of nitrogens with zero attached hydrogens (tertiary/aromatic N) is 2. The molecule has 0 aromatic heterocycles. The first-order valence-corrected chi connectivity index (χ1v) is 6.68. The number of ether oxygens (including phenoxy) is 1. The summed E-state index contributed by atoms with van der Waals surface area (Å²) >= 11 is 0. The van der Waals surface area contributed by atoms with E-state index in [0.717, 1.165) is 0 Å². The normalized spacial score (nSPS) is 17.8. The van der Waals surface area contributed by atoms with Crippen LogP contribution >= 0.6 is 0 Å². The Morgan fingerprint density at radius 3 is 2.70 bits per heavy atom. The summed E-state index contributed by atoms with van der Waals surface area (Å²) in [6.07, 6.45) is 1.11. The second kappa shape index (κ2) is 5.76. The van der Waals surface area contributed by atoms with E-state index in [1.165, 1.54) is 0 Å². The Balaban J connectivity index is 2.23. The van der Waals surface area contributed by atoms with E-state index < -0.39 is 5.60 Å². The number of hydrogen-bond donors (Lipinski definition) is 1. The summed E-state index contributed by atoms with van der Waals surface area (Å²) in [7, 11) is 1.77. The molecular formula is C14H20N2O4. The molecule has 0 bridgehead atoms. The predicted molar refractivity (Wildman–Crippen MR) is 76.1 cm³/mol. The van der Waals surface area contributed by atoms with Crippen LogP contribution in [0.2, 0.25) is 0 Å². The highest BCUT2D eigenvalue weighted by molar-refractivity contribution is 5.66. The molecule has 0 spiro atoms. The van der Waals surface area contributed by atoms with Gasteiger partial charge in [0.05, 0.1) is 10.5 Å². The van der Waals surface area contributed by atoms with Crippen molar-refractivity contribution in [2.24, 2.45) is 0 Å². The number of aliphatic hydroxyl groups is 1. The SMILES string of the molecule is Cc1cccc(N(C)CC2(O)CCOCC2)c1[N+](=O)[O-]. The van der Waals surface area contributed by atoms with Gasteiger partial charge in [-0.2, -0.15) is 0 Å². The van der Waals surface area contributed by atoms with E-state index in [9.17, 15) is 15.2 Å². The van der Waals surface area contributed by atoms with Gasteiger partial charge in [0.1, 0.15) is 5.69 Å². The molecule has 6 heteroatoms. The minimum Gasteiger partial charge on any atom is -0.388 e. The minimum atomic E-state index is -0.843. The third kappa shape index (κ3) is 3.08. The second-order valence-electron chi connectivity index (χ2n) is 5.39. The van der Waals surface area contributed by atoms with Crippen molar-refractivity contribution in [2.75, 3.05) is 31.7 Å². The molecule has 1 heterocycles. The van der Waals surface area contributed by atoms with Crippen LogP contribution in [-0.4, -0.2) is 42.4 Å². The van der Waals surface area contributed by atoms with Crippen molar-refractivity contribution in [3.8, 4) is 0 Å². The number of anilines is 1. The van der Waals surface area contributed by atoms with Crippen LogP contribution in [0.15, 0.2) is 18.2 Å². The van der Waals surface area contributed by atoms with Crippen LogP contribution in [0, 0.1) is 17.0 Å². The molecule has 0 unspecified atom stereocenters. The van der Waals surface area contributed by atoms with Gasteiger partial charge in [0.2, 0.25) is 0 Å². The van der Waals surface area contributed by atoms with Gasteiger partial charge >= 0.3 is 0 Å². The number of likely N-dealkylation sites (N-methyl/N-ethyl adjacent to an activating group) is 1. The number of nitro groups is 1. The van der Waals surface area contributed by atoms with Gasteiger partial charge < -0.3 is 14.7 Å². The van der Waals surface area contributed by atoms with Crippen molar-refractivity contribution in [3.05, 3.63) is 33.9 Å². The fourth-order valence-corrected chi connectivity index (χ4v) is 2.63. The maximum atomic E-state index is 11.2. The maximum absolute atomic E-state index is 11.2. The Kier molecular flexibility index (Phi) is 4.25. The van der Waals surface area contributed by atoms with Crippen LogP contribution in [0.5, 0.6) is 0 Å². The van der Waals surface area contributed by atoms with Gasteiger partial charge in [-0.05, 0) is 13.0 Å². The van der Waals surface area contributed by atoms with Crippen LogP contribution in [0.3, 0.4) is 0 Å². The van der Waals surface area contributed by atoms with Crippen LogP contribution < -0.4 is 4.90 Å². The molecule has 1 aliphatic rings. The summed E-state index contributed by atoms with van der Waals surface area (Å²) < 4.78 is 5.25. The fraction of sp³-hybridized carbons (Fsp3) is 0.571. The van der Waals surface area contributed by atoms with Crippen LogP contribution in [0.1, 0.15) is 18.4 Å². The number of aryl methyl sites for hydroxylation is 1. The lowest BCUT2D eigenvalue weighted by Crippen LogP contribution is -2.45. The van der Waals surface area contributed by atoms with E-state index in [1.807, 2.05) is 0 Å². The van der Waals surface area contributed by atoms with E-state index >= 15 is 0 Å². The van der Waals surface area contributed by atoms with E-state index in [1.54, 1.807) is 37.1 Å². The molecule has 1 aliphatic heterocycles. The number of nitro benzene ring substituents is 1. The highest BCUT2D eigenvalue weighted by atomic mass is 16.6. The standard InChI is InChI=1S/C14H20N2O4/c1-11-4-3-5-12(13(11)16(18)19)15(2)10-14(17)6-8-20-9-7-14/h3-5,17H,6-10H2,1-2H3. The van der Waals surface area contributed by atoms with Crippen molar-refractivity contribution in [1.82, 2.24) is 0 Å². The Morgan fingerprint density at radius 1 is 1.45 bits per heavy atom. The van der Waals surface area contributed by atoms with Gasteiger partial charge in [-0.1, -0.05) is 12.1 Å². The van der Waals surface area contributed by atoms with Crippen molar-refractivity contribution in [2.45, 2.75) is 25.4 Å². The van der Waals surface area contributed by atoms with Gasteiger partial charge in [-0.25, -0.2) is 0 Å². The van der Waals surface area contributed by atoms with Crippen LogP contribution in [0.4, 0.5) is 11.4 Å². The molecule has 1 aromatic rings. The monoisotopic (exact) mass is 280 g/mol. The summed E-state index contributed by atoms with van der Waals surface area (Å²) in [5.41, 5.74) is 0.420. The molecule has 0 radical (unpaired) electrons. The number of hydrogen-bond acceptors (Lipinski definition) is 5. The largest absolute Gasteiger partial charge is 0.388 e. The third-order valence-corrected chi connectivity index (χ3v) is 3.77. The van der Waals surface area contributed by atoms with Gasteiger partial charge in [0.15, 0.2) is 0 Å². The first kappa shape index (κ1) is 14.7. The quantitative estimate of drug-likeness (QED) is 0.673. The molecule has 6 nitrogen and oxygen atoms in total. The molecule has 1 saturated heterocycles. The van der Waals surface area contributed by atoms with Gasteiger partial charge in [0, 0.05) is 45.2 Å². The number of para-hydroxylation sites is 1. The van der Waals surface area contributed by atoms with E-state index in [-0.39, 0.29) is 10.6 Å². The summed E-state index contributed by atoms with van der Waals surface area (Å²) in [4.78, 5) is 12.6. The highest BCUT2D eigenvalue weighted by Crippen LogP contribution is 2.32. The molecule has 1 N–H and O–H groups in total. The zero-order chi connectivity index (χ0) is 14.8. The minimum absolute atomic E-state index is 0.102. The summed E-state index contributed by atoms with van der Waals surface area (Å²) in [6.45, 7) is 3.14. The van der Waals surface area contributed by atoms with Gasteiger partial charge in [-0.3, -0.25) is 10.1 Å². The highest BCUT2D eigenvalue weighted by Gasteiger charge is 2.32. The molecule has 0 amide bonds. The zero-order valence-corrected chi connectivity index (χ0v) is 11.8. The molecule has 1 fully saturated rings.